The molecule has 0 radical (unpaired) electrons. The van der Waals surface area contributed by atoms with Crippen LogP contribution in [0.25, 0.3) is 10.9 Å². The largest absolute Gasteiger partial charge is 0.472 e. The first-order valence-electron chi connectivity index (χ1n) is 8.33. The maximum atomic E-state index is 12.8. The fourth-order valence-corrected chi connectivity index (χ4v) is 4.18. The number of carbonyl (C=O) groups is 2. The second-order valence-corrected chi connectivity index (χ2v) is 6.74. The van der Waals surface area contributed by atoms with Crippen LogP contribution in [0.2, 0.25) is 0 Å². The minimum absolute atomic E-state index is 0.0102. The molecule has 2 aliphatic rings. The number of hydrogen-bond donors (Lipinski definition) is 1. The number of hydrogen-bond acceptors (Lipinski definition) is 3. The van der Waals surface area contributed by atoms with Crippen LogP contribution < -0.4 is 0 Å². The zero-order valence-electron chi connectivity index (χ0n) is 13.7. The third kappa shape index (κ3) is 1.91. The second kappa shape index (κ2) is 4.99. The van der Waals surface area contributed by atoms with Crippen molar-refractivity contribution in [3.05, 3.63) is 59.7 Å². The van der Waals surface area contributed by atoms with Crippen molar-refractivity contribution >= 4 is 22.7 Å². The first-order valence-corrected chi connectivity index (χ1v) is 8.33. The number of carbonyl (C=O) groups excluding carboxylic acids is 2. The molecule has 0 unspecified atom stereocenters. The van der Waals surface area contributed by atoms with Crippen LogP contribution in [0.1, 0.15) is 22.9 Å². The monoisotopic (exact) mass is 335 g/mol. The zero-order chi connectivity index (χ0) is 17.1. The van der Waals surface area contributed by atoms with Gasteiger partial charge in [-0.2, -0.15) is 0 Å². The van der Waals surface area contributed by atoms with Gasteiger partial charge in [0, 0.05) is 35.6 Å². The predicted molar refractivity (Wildman–Crippen MR) is 90.8 cm³/mol. The van der Waals surface area contributed by atoms with Crippen molar-refractivity contribution in [1.29, 1.82) is 0 Å². The third-order valence-electron chi connectivity index (χ3n) is 5.31. The molecule has 4 heterocycles. The summed E-state index contributed by atoms with van der Waals surface area (Å²) in [7, 11) is 1.69. The Hall–Kier alpha value is -3.02. The summed E-state index contributed by atoms with van der Waals surface area (Å²) in [4.78, 5) is 32.3. The number of piperazine rings is 1. The number of para-hydroxylation sites is 1. The molecule has 0 spiro atoms. The summed E-state index contributed by atoms with van der Waals surface area (Å²) in [6.45, 7) is 0.110. The minimum Gasteiger partial charge on any atom is -0.472 e. The van der Waals surface area contributed by atoms with Crippen molar-refractivity contribution in [2.24, 2.45) is 0 Å². The van der Waals surface area contributed by atoms with Gasteiger partial charge in [0.25, 0.3) is 0 Å². The number of nitrogens with zero attached hydrogens (tertiary/aromatic N) is 2. The molecule has 5 rings (SSSR count). The maximum Gasteiger partial charge on any atom is 0.245 e. The number of aromatic nitrogens is 1. The molecule has 0 bridgehead atoms. The van der Waals surface area contributed by atoms with Gasteiger partial charge in [0.15, 0.2) is 0 Å². The smallest absolute Gasteiger partial charge is 0.245 e. The molecule has 6 heteroatoms. The van der Waals surface area contributed by atoms with Gasteiger partial charge in [-0.1, -0.05) is 18.2 Å². The van der Waals surface area contributed by atoms with Crippen LogP contribution in [0.4, 0.5) is 0 Å². The molecular formula is C19H17N3O3. The lowest BCUT2D eigenvalue weighted by Crippen LogP contribution is -2.62. The molecule has 1 N–H and O–H groups in total. The van der Waals surface area contributed by atoms with Crippen LogP contribution >= 0.6 is 0 Å². The lowest BCUT2D eigenvalue weighted by Gasteiger charge is -2.45. The predicted octanol–water partition coefficient (Wildman–Crippen LogP) is 2.08. The Bertz CT molecular complexity index is 989. The summed E-state index contributed by atoms with van der Waals surface area (Å²) in [5.41, 5.74) is 3.99. The van der Waals surface area contributed by atoms with Crippen molar-refractivity contribution in [2.45, 2.75) is 18.5 Å². The molecule has 2 aliphatic heterocycles. The minimum atomic E-state index is -0.474. The Morgan fingerprint density at radius 3 is 2.84 bits per heavy atom. The molecular weight excluding hydrogens is 318 g/mol. The Morgan fingerprint density at radius 2 is 2.04 bits per heavy atom. The van der Waals surface area contributed by atoms with Gasteiger partial charge in [0.05, 0.1) is 19.1 Å². The number of nitrogens with one attached hydrogen (secondary N) is 1. The Labute approximate surface area is 144 Å². The normalized spacial score (nSPS) is 23.1. The van der Waals surface area contributed by atoms with Crippen molar-refractivity contribution in [1.82, 2.24) is 14.8 Å². The molecule has 126 valence electrons. The topological polar surface area (TPSA) is 69.6 Å². The summed E-state index contributed by atoms with van der Waals surface area (Å²) in [5.74, 6) is -0.0494. The molecule has 25 heavy (non-hydrogen) atoms. The van der Waals surface area contributed by atoms with E-state index in [1.54, 1.807) is 24.5 Å². The highest BCUT2D eigenvalue weighted by Crippen LogP contribution is 2.42. The first kappa shape index (κ1) is 14.3. The van der Waals surface area contributed by atoms with Crippen LogP contribution in [0.3, 0.4) is 0 Å². The van der Waals surface area contributed by atoms with E-state index in [2.05, 4.69) is 11.1 Å². The van der Waals surface area contributed by atoms with Gasteiger partial charge in [-0.25, -0.2) is 0 Å². The standard InChI is InChI=1S/C19H17N3O3/c1-21-9-16(23)22-15(19(21)24)8-13-12-4-2-3-5-14(12)20-17(13)18(22)11-6-7-25-10-11/h2-7,10,15,18,20H,8-9H2,1H3/t15-,18-/m0/s1. The summed E-state index contributed by atoms with van der Waals surface area (Å²) in [6, 6.07) is 9.12. The van der Waals surface area contributed by atoms with E-state index >= 15 is 0 Å². The van der Waals surface area contributed by atoms with E-state index in [0.29, 0.717) is 6.42 Å². The molecule has 0 saturated carbocycles. The molecule has 0 aliphatic carbocycles. The molecule has 3 aromatic rings. The average Bonchev–Trinajstić information content (AvgIpc) is 3.25. The van der Waals surface area contributed by atoms with Gasteiger partial charge in [0.1, 0.15) is 12.1 Å². The van der Waals surface area contributed by atoms with E-state index in [0.717, 1.165) is 27.7 Å². The molecule has 1 aromatic carbocycles. The van der Waals surface area contributed by atoms with Crippen molar-refractivity contribution in [3.8, 4) is 0 Å². The Balaban J connectivity index is 1.77. The van der Waals surface area contributed by atoms with E-state index < -0.39 is 6.04 Å². The summed E-state index contributed by atoms with van der Waals surface area (Å²) in [5, 5.41) is 1.11. The number of furan rings is 1. The molecule has 1 fully saturated rings. The van der Waals surface area contributed by atoms with Gasteiger partial charge in [-0.15, -0.1) is 0 Å². The van der Waals surface area contributed by atoms with E-state index in [9.17, 15) is 9.59 Å². The Morgan fingerprint density at radius 1 is 1.20 bits per heavy atom. The van der Waals surface area contributed by atoms with E-state index in [4.69, 9.17) is 4.42 Å². The quantitative estimate of drug-likeness (QED) is 0.740. The van der Waals surface area contributed by atoms with Crippen molar-refractivity contribution in [3.63, 3.8) is 0 Å². The summed E-state index contributed by atoms with van der Waals surface area (Å²) in [6.07, 6.45) is 3.78. The van der Waals surface area contributed by atoms with E-state index in [-0.39, 0.29) is 24.4 Å². The number of rotatable bonds is 1. The SMILES string of the molecule is CN1CC(=O)N2[C@@H](c3ccoc3)c3[nH]c4ccccc4c3C[C@H]2C1=O. The third-order valence-corrected chi connectivity index (χ3v) is 5.31. The van der Waals surface area contributed by atoms with Crippen molar-refractivity contribution in [2.75, 3.05) is 13.6 Å². The molecule has 2 amide bonds. The highest BCUT2D eigenvalue weighted by Gasteiger charge is 2.47. The molecule has 1 saturated heterocycles. The number of amides is 2. The zero-order valence-corrected chi connectivity index (χ0v) is 13.7. The van der Waals surface area contributed by atoms with Crippen LogP contribution in [0, 0.1) is 0 Å². The van der Waals surface area contributed by atoms with Gasteiger partial charge >= 0.3 is 0 Å². The molecule has 2 aromatic heterocycles. The lowest BCUT2D eigenvalue weighted by atomic mass is 9.87. The highest BCUT2D eigenvalue weighted by molar-refractivity contribution is 5.97. The fourth-order valence-electron chi connectivity index (χ4n) is 4.18. The summed E-state index contributed by atoms with van der Waals surface area (Å²) >= 11 is 0. The van der Waals surface area contributed by atoms with Crippen LogP contribution in [0.5, 0.6) is 0 Å². The molecule has 6 nitrogen and oxygen atoms in total. The molecule has 2 atom stereocenters. The van der Waals surface area contributed by atoms with E-state index in [1.807, 2.05) is 24.3 Å². The second-order valence-electron chi connectivity index (χ2n) is 6.74. The average molecular weight is 335 g/mol. The van der Waals surface area contributed by atoms with Gasteiger partial charge < -0.3 is 19.2 Å². The Kier molecular flexibility index (Phi) is 2.86. The van der Waals surface area contributed by atoms with Gasteiger partial charge in [-0.3, -0.25) is 9.59 Å². The fraction of sp³-hybridized carbons (Fsp3) is 0.263. The number of likely N-dealkylation sites (N-methyl/N-ethyl adjacent to an activating group) is 1. The number of fused-ring (bicyclic) bond motifs is 4. The van der Waals surface area contributed by atoms with Crippen LogP contribution in [0.15, 0.2) is 47.3 Å². The van der Waals surface area contributed by atoms with Crippen LogP contribution in [-0.2, 0) is 16.0 Å². The van der Waals surface area contributed by atoms with E-state index in [1.165, 1.54) is 4.90 Å². The highest BCUT2D eigenvalue weighted by atomic mass is 16.3. The number of benzene rings is 1. The van der Waals surface area contributed by atoms with Crippen molar-refractivity contribution < 1.29 is 14.0 Å². The van der Waals surface area contributed by atoms with Gasteiger partial charge in [-0.05, 0) is 17.7 Å². The first-order chi connectivity index (χ1) is 12.1. The lowest BCUT2D eigenvalue weighted by molar-refractivity contribution is -0.157. The number of H-pyrrole nitrogens is 1. The van der Waals surface area contributed by atoms with Crippen LogP contribution in [-0.4, -0.2) is 46.2 Å². The number of aromatic amines is 1. The maximum absolute atomic E-state index is 12.8. The summed E-state index contributed by atoms with van der Waals surface area (Å²) < 4.78 is 5.27. The van der Waals surface area contributed by atoms with Gasteiger partial charge in [0.2, 0.25) is 11.8 Å².